The van der Waals surface area contributed by atoms with Crippen LogP contribution in [0.5, 0.6) is 0 Å². The van der Waals surface area contributed by atoms with Crippen molar-refractivity contribution in [3.63, 3.8) is 0 Å². The first-order valence-corrected chi connectivity index (χ1v) is 7.09. The van der Waals surface area contributed by atoms with Crippen molar-refractivity contribution in [2.24, 2.45) is 5.73 Å². The van der Waals surface area contributed by atoms with E-state index in [-0.39, 0.29) is 18.0 Å². The monoisotopic (exact) mass is 276 g/mol. The number of hydrogen-bond donors (Lipinski definition) is 3. The van der Waals surface area contributed by atoms with E-state index in [2.05, 4.69) is 10.3 Å². The number of nitrogen functional groups attached to an aromatic ring is 1. The second-order valence-corrected chi connectivity index (χ2v) is 6.08. The third-order valence-corrected chi connectivity index (χ3v) is 4.44. The first kappa shape index (κ1) is 12.4. The standard InChI is InChI=1S/C13H16N4OS/c1-6-4-7(5-10-11(6)17-13(15)19-10)12(18)16-9-3-2-8(9)14/h4-5,8-9H,2-3,14H2,1H3,(H2,15,17)(H,16,18)/t8-,9+/m0/s1. The maximum atomic E-state index is 12.2. The van der Waals surface area contributed by atoms with Crippen molar-refractivity contribution in [2.45, 2.75) is 31.8 Å². The highest BCUT2D eigenvalue weighted by Crippen LogP contribution is 2.28. The number of carbonyl (C=O) groups excluding carboxylic acids is 1. The molecule has 1 aliphatic carbocycles. The number of nitrogens with zero attached hydrogens (tertiary/aromatic N) is 1. The predicted octanol–water partition coefficient (Wildman–Crippen LogP) is 1.41. The Morgan fingerprint density at radius 1 is 1.47 bits per heavy atom. The summed E-state index contributed by atoms with van der Waals surface area (Å²) >= 11 is 1.40. The summed E-state index contributed by atoms with van der Waals surface area (Å²) in [6.45, 7) is 1.94. The lowest BCUT2D eigenvalue weighted by atomic mass is 9.87. The number of hydrogen-bond acceptors (Lipinski definition) is 5. The molecule has 1 aromatic heterocycles. The highest BCUT2D eigenvalue weighted by Gasteiger charge is 2.29. The first-order valence-electron chi connectivity index (χ1n) is 6.27. The molecule has 0 saturated heterocycles. The molecule has 1 fully saturated rings. The summed E-state index contributed by atoms with van der Waals surface area (Å²) in [5.74, 6) is -0.0721. The number of benzene rings is 1. The lowest BCUT2D eigenvalue weighted by molar-refractivity contribution is 0.0906. The van der Waals surface area contributed by atoms with Crippen LogP contribution in [0.2, 0.25) is 0 Å². The van der Waals surface area contributed by atoms with Crippen molar-refractivity contribution < 1.29 is 4.79 Å². The minimum absolute atomic E-state index is 0.0721. The van der Waals surface area contributed by atoms with E-state index < -0.39 is 0 Å². The van der Waals surface area contributed by atoms with Gasteiger partial charge in [0.1, 0.15) is 0 Å². The van der Waals surface area contributed by atoms with E-state index in [4.69, 9.17) is 11.5 Å². The van der Waals surface area contributed by atoms with Gasteiger partial charge in [-0.25, -0.2) is 4.98 Å². The molecule has 1 heterocycles. The fourth-order valence-electron chi connectivity index (χ4n) is 2.30. The van der Waals surface area contributed by atoms with Gasteiger partial charge < -0.3 is 16.8 Å². The molecule has 2 aromatic rings. The van der Waals surface area contributed by atoms with E-state index in [0.717, 1.165) is 28.6 Å². The van der Waals surface area contributed by atoms with Crippen LogP contribution in [0.4, 0.5) is 5.13 Å². The van der Waals surface area contributed by atoms with Gasteiger partial charge in [-0.1, -0.05) is 11.3 Å². The number of carbonyl (C=O) groups is 1. The van der Waals surface area contributed by atoms with Crippen molar-refractivity contribution in [2.75, 3.05) is 5.73 Å². The smallest absolute Gasteiger partial charge is 0.251 e. The Morgan fingerprint density at radius 2 is 2.26 bits per heavy atom. The summed E-state index contributed by atoms with van der Waals surface area (Å²) in [5.41, 5.74) is 14.0. The van der Waals surface area contributed by atoms with Gasteiger partial charge in [-0.3, -0.25) is 4.79 Å². The van der Waals surface area contributed by atoms with Gasteiger partial charge in [0.15, 0.2) is 5.13 Å². The van der Waals surface area contributed by atoms with Gasteiger partial charge in [-0.05, 0) is 37.5 Å². The molecule has 1 amide bonds. The van der Waals surface area contributed by atoms with Crippen LogP contribution in [-0.4, -0.2) is 23.0 Å². The first-order chi connectivity index (χ1) is 9.04. The number of fused-ring (bicyclic) bond motifs is 1. The summed E-state index contributed by atoms with van der Waals surface area (Å²) in [6.07, 6.45) is 1.94. The van der Waals surface area contributed by atoms with E-state index in [1.165, 1.54) is 11.3 Å². The molecule has 0 unspecified atom stereocenters. The van der Waals surface area contributed by atoms with Crippen molar-refractivity contribution in [3.8, 4) is 0 Å². The Morgan fingerprint density at radius 3 is 2.89 bits per heavy atom. The molecule has 0 spiro atoms. The molecule has 1 aromatic carbocycles. The molecule has 19 heavy (non-hydrogen) atoms. The number of nitrogens with one attached hydrogen (secondary N) is 1. The molecular weight excluding hydrogens is 260 g/mol. The predicted molar refractivity (Wildman–Crippen MR) is 77.2 cm³/mol. The minimum atomic E-state index is -0.0721. The second-order valence-electron chi connectivity index (χ2n) is 5.01. The number of rotatable bonds is 2. The van der Waals surface area contributed by atoms with Crippen LogP contribution >= 0.6 is 11.3 Å². The van der Waals surface area contributed by atoms with Crippen LogP contribution in [0, 0.1) is 6.92 Å². The van der Waals surface area contributed by atoms with E-state index in [1.54, 1.807) is 0 Å². The highest BCUT2D eigenvalue weighted by molar-refractivity contribution is 7.22. The van der Waals surface area contributed by atoms with Crippen LogP contribution < -0.4 is 16.8 Å². The Kier molecular flexibility index (Phi) is 2.91. The minimum Gasteiger partial charge on any atom is -0.375 e. The molecule has 100 valence electrons. The summed E-state index contributed by atoms with van der Waals surface area (Å²) in [4.78, 5) is 16.4. The van der Waals surface area contributed by atoms with Crippen LogP contribution in [0.3, 0.4) is 0 Å². The molecule has 6 heteroatoms. The number of thiazole rings is 1. The normalized spacial score (nSPS) is 22.2. The summed E-state index contributed by atoms with van der Waals surface area (Å²) in [7, 11) is 0. The van der Waals surface area contributed by atoms with Crippen molar-refractivity contribution in [1.82, 2.24) is 10.3 Å². The summed E-state index contributed by atoms with van der Waals surface area (Å²) < 4.78 is 0.945. The SMILES string of the molecule is Cc1cc(C(=O)N[C@@H]2CC[C@@H]2N)cc2sc(N)nc12. The lowest BCUT2D eigenvalue weighted by Gasteiger charge is -2.34. The largest absolute Gasteiger partial charge is 0.375 e. The van der Waals surface area contributed by atoms with E-state index in [0.29, 0.717) is 10.7 Å². The summed E-state index contributed by atoms with van der Waals surface area (Å²) in [6, 6.07) is 3.89. The average molecular weight is 276 g/mol. The molecule has 0 radical (unpaired) electrons. The number of anilines is 1. The maximum Gasteiger partial charge on any atom is 0.251 e. The quantitative estimate of drug-likeness (QED) is 0.773. The highest BCUT2D eigenvalue weighted by atomic mass is 32.1. The fourth-order valence-corrected chi connectivity index (χ4v) is 3.15. The molecule has 5 N–H and O–H groups in total. The van der Waals surface area contributed by atoms with Crippen molar-refractivity contribution >= 4 is 32.6 Å². The number of amides is 1. The van der Waals surface area contributed by atoms with E-state index in [1.807, 2.05) is 19.1 Å². The maximum absolute atomic E-state index is 12.2. The second kappa shape index (κ2) is 4.47. The Labute approximate surface area is 115 Å². The zero-order valence-electron chi connectivity index (χ0n) is 10.6. The Balaban J connectivity index is 1.89. The molecular formula is C13H16N4OS. The van der Waals surface area contributed by atoms with Gasteiger partial charge in [0, 0.05) is 17.6 Å². The molecule has 5 nitrogen and oxygen atoms in total. The van der Waals surface area contributed by atoms with Crippen LogP contribution in [-0.2, 0) is 0 Å². The third kappa shape index (κ3) is 2.17. The molecule has 0 bridgehead atoms. The molecule has 2 atom stereocenters. The zero-order chi connectivity index (χ0) is 13.6. The van der Waals surface area contributed by atoms with Gasteiger partial charge in [0.25, 0.3) is 5.91 Å². The van der Waals surface area contributed by atoms with Crippen LogP contribution in [0.1, 0.15) is 28.8 Å². The Bertz CT molecular complexity index is 651. The molecule has 1 saturated carbocycles. The molecule has 0 aliphatic heterocycles. The summed E-state index contributed by atoms with van der Waals surface area (Å²) in [5, 5.41) is 3.49. The van der Waals surface area contributed by atoms with Gasteiger partial charge in [-0.2, -0.15) is 0 Å². The van der Waals surface area contributed by atoms with Crippen LogP contribution in [0.25, 0.3) is 10.2 Å². The van der Waals surface area contributed by atoms with Crippen LogP contribution in [0.15, 0.2) is 12.1 Å². The fraction of sp³-hybridized carbons (Fsp3) is 0.385. The third-order valence-electron chi connectivity index (χ3n) is 3.61. The lowest BCUT2D eigenvalue weighted by Crippen LogP contribution is -2.54. The average Bonchev–Trinajstić information content (AvgIpc) is 2.75. The zero-order valence-corrected chi connectivity index (χ0v) is 11.5. The topological polar surface area (TPSA) is 94.0 Å². The van der Waals surface area contributed by atoms with E-state index >= 15 is 0 Å². The van der Waals surface area contributed by atoms with Crippen molar-refractivity contribution in [1.29, 1.82) is 0 Å². The number of aryl methyl sites for hydroxylation is 1. The number of aromatic nitrogens is 1. The van der Waals surface area contributed by atoms with Gasteiger partial charge in [-0.15, -0.1) is 0 Å². The van der Waals surface area contributed by atoms with Gasteiger partial charge >= 0.3 is 0 Å². The van der Waals surface area contributed by atoms with E-state index in [9.17, 15) is 4.79 Å². The Hall–Kier alpha value is -1.66. The molecule has 1 aliphatic rings. The van der Waals surface area contributed by atoms with Gasteiger partial charge in [0.2, 0.25) is 0 Å². The molecule has 3 rings (SSSR count). The van der Waals surface area contributed by atoms with Crippen molar-refractivity contribution in [3.05, 3.63) is 23.3 Å². The van der Waals surface area contributed by atoms with Gasteiger partial charge in [0.05, 0.1) is 10.2 Å². The number of nitrogens with two attached hydrogens (primary N) is 2.